The van der Waals surface area contributed by atoms with Crippen molar-refractivity contribution in [1.82, 2.24) is 15.0 Å². The van der Waals surface area contributed by atoms with Crippen LogP contribution in [-0.4, -0.2) is 80.1 Å². The first-order valence-corrected chi connectivity index (χ1v) is 13.7. The van der Waals surface area contributed by atoms with Gasteiger partial charge in [-0.25, -0.2) is 29.3 Å². The second kappa shape index (κ2) is 15.9. The highest BCUT2D eigenvalue weighted by Gasteiger charge is 2.23. The van der Waals surface area contributed by atoms with Crippen molar-refractivity contribution >= 4 is 46.8 Å². The average Bonchev–Trinajstić information content (AvgIpc) is 3.09. The fraction of sp³-hybridized carbons (Fsp3) is 0.133. The Bertz CT molecular complexity index is 1920. The lowest BCUT2D eigenvalue weighted by Gasteiger charge is -2.14. The van der Waals surface area contributed by atoms with Gasteiger partial charge in [0, 0.05) is 6.07 Å². The molecule has 19 heteroatoms. The number of benzene rings is 1. The number of carbonyl (C=O) groups is 5. The SMILES string of the molecule is COC(=O)c1ccc(NC(=O)c2ccc(NC(=O)c3ccc([N+](=O)[O-])c(OCC(=O)O)n3)c(OCc3ccccc3)n2)c(OCC(=O)O)n1. The number of aromatic nitrogens is 3. The molecule has 1 aromatic carbocycles. The number of hydrogen-bond acceptors (Lipinski definition) is 14. The normalized spacial score (nSPS) is 10.3. The Morgan fingerprint density at radius 2 is 1.18 bits per heavy atom. The fourth-order valence-corrected chi connectivity index (χ4v) is 3.80. The minimum absolute atomic E-state index is 0.0554. The summed E-state index contributed by atoms with van der Waals surface area (Å²) in [5, 5.41) is 34.2. The van der Waals surface area contributed by atoms with E-state index in [1.54, 1.807) is 30.3 Å². The average molecular weight is 677 g/mol. The quantitative estimate of drug-likeness (QED) is 0.0800. The summed E-state index contributed by atoms with van der Waals surface area (Å²) in [6.07, 6.45) is 0. The first-order chi connectivity index (χ1) is 23.4. The van der Waals surface area contributed by atoms with Crippen LogP contribution < -0.4 is 24.8 Å². The van der Waals surface area contributed by atoms with Gasteiger partial charge in [-0.1, -0.05) is 30.3 Å². The minimum Gasteiger partial charge on any atom is -0.479 e. The number of nitro groups is 1. The number of ether oxygens (including phenoxy) is 4. The maximum atomic E-state index is 13.3. The summed E-state index contributed by atoms with van der Waals surface area (Å²) in [6, 6.07) is 15.6. The second-order valence-corrected chi connectivity index (χ2v) is 9.42. The van der Waals surface area contributed by atoms with Gasteiger partial charge >= 0.3 is 23.6 Å². The van der Waals surface area contributed by atoms with Gasteiger partial charge in [-0.15, -0.1) is 0 Å². The topological polar surface area (TPSA) is 269 Å². The molecule has 0 spiro atoms. The van der Waals surface area contributed by atoms with Gasteiger partial charge in [0.05, 0.1) is 12.0 Å². The van der Waals surface area contributed by atoms with E-state index in [4.69, 9.17) is 24.4 Å². The Labute approximate surface area is 274 Å². The largest absolute Gasteiger partial charge is 0.479 e. The minimum atomic E-state index is -1.43. The predicted molar refractivity (Wildman–Crippen MR) is 164 cm³/mol. The van der Waals surface area contributed by atoms with E-state index in [0.29, 0.717) is 5.56 Å². The maximum absolute atomic E-state index is 13.3. The fourth-order valence-electron chi connectivity index (χ4n) is 3.80. The molecule has 4 N–H and O–H groups in total. The van der Waals surface area contributed by atoms with Crippen LogP contribution in [0.4, 0.5) is 17.1 Å². The number of pyridine rings is 3. The number of hydrogen-bond donors (Lipinski definition) is 4. The molecular formula is C30H24N6O13. The van der Waals surface area contributed by atoms with Gasteiger partial charge in [0.1, 0.15) is 29.4 Å². The molecule has 49 heavy (non-hydrogen) atoms. The number of carboxylic acid groups (broad SMARTS) is 2. The van der Waals surface area contributed by atoms with Crippen molar-refractivity contribution in [3.63, 3.8) is 0 Å². The van der Waals surface area contributed by atoms with Crippen molar-refractivity contribution in [2.45, 2.75) is 6.61 Å². The maximum Gasteiger partial charge on any atom is 0.356 e. The third kappa shape index (κ3) is 9.42. The molecule has 0 unspecified atom stereocenters. The van der Waals surface area contributed by atoms with Crippen LogP contribution in [0.2, 0.25) is 0 Å². The van der Waals surface area contributed by atoms with Crippen LogP contribution in [0.3, 0.4) is 0 Å². The van der Waals surface area contributed by atoms with E-state index in [1.807, 2.05) is 0 Å². The number of amides is 2. The number of methoxy groups -OCH3 is 1. The van der Waals surface area contributed by atoms with Crippen molar-refractivity contribution in [2.75, 3.05) is 31.0 Å². The number of anilines is 2. The molecule has 0 aliphatic heterocycles. The van der Waals surface area contributed by atoms with Gasteiger partial charge in [0.15, 0.2) is 18.9 Å². The van der Waals surface area contributed by atoms with Gasteiger partial charge in [-0.05, 0) is 35.9 Å². The van der Waals surface area contributed by atoms with E-state index in [1.165, 1.54) is 24.3 Å². The third-order valence-electron chi connectivity index (χ3n) is 6.00. The van der Waals surface area contributed by atoms with Gasteiger partial charge in [-0.3, -0.25) is 19.7 Å². The summed E-state index contributed by atoms with van der Waals surface area (Å²) in [5.41, 5.74) is -1.01. The summed E-state index contributed by atoms with van der Waals surface area (Å²) in [4.78, 5) is 82.7. The number of carbonyl (C=O) groups excluding carboxylic acids is 3. The molecule has 252 valence electrons. The molecule has 3 aromatic heterocycles. The molecule has 19 nitrogen and oxygen atoms in total. The first-order valence-electron chi connectivity index (χ1n) is 13.7. The Hall–Kier alpha value is -7.18. The van der Waals surface area contributed by atoms with E-state index in [9.17, 15) is 34.1 Å². The molecule has 2 amide bonds. The first kappa shape index (κ1) is 34.7. The van der Waals surface area contributed by atoms with Crippen molar-refractivity contribution in [3.05, 3.63) is 99.5 Å². The Kier molecular flexibility index (Phi) is 11.2. The van der Waals surface area contributed by atoms with Crippen LogP contribution >= 0.6 is 0 Å². The molecule has 0 radical (unpaired) electrons. The molecule has 0 bridgehead atoms. The number of esters is 1. The standard InChI is InChI=1S/C30H24N6O13/c1-46-30(43)21-10-9-20(28(35-21)48-14-23(37)38)32-25(41)17-7-8-19(27(33-17)47-13-16-5-3-2-4-6-16)31-26(42)18-11-12-22(36(44)45)29(34-18)49-15-24(39)40/h2-12H,13-15H2,1H3,(H,31,42)(H,32,41)(H,37,38)(H,39,40). The number of nitrogens with zero attached hydrogens (tertiary/aromatic N) is 4. The zero-order valence-corrected chi connectivity index (χ0v) is 25.1. The molecule has 0 saturated carbocycles. The number of rotatable bonds is 15. The van der Waals surface area contributed by atoms with Crippen molar-refractivity contribution in [2.24, 2.45) is 0 Å². The van der Waals surface area contributed by atoms with Crippen molar-refractivity contribution in [1.29, 1.82) is 0 Å². The van der Waals surface area contributed by atoms with Gasteiger partial charge < -0.3 is 39.8 Å². The number of aliphatic carboxylic acids is 2. The zero-order valence-electron chi connectivity index (χ0n) is 25.1. The zero-order chi connectivity index (χ0) is 35.5. The summed E-state index contributed by atoms with van der Waals surface area (Å²) in [6.45, 7) is -1.86. The number of nitrogens with one attached hydrogen (secondary N) is 2. The smallest absolute Gasteiger partial charge is 0.356 e. The molecule has 4 rings (SSSR count). The van der Waals surface area contributed by atoms with Crippen LogP contribution in [0.1, 0.15) is 37.0 Å². The van der Waals surface area contributed by atoms with Gasteiger partial charge in [-0.2, -0.15) is 0 Å². The Morgan fingerprint density at radius 3 is 1.73 bits per heavy atom. The molecule has 0 atom stereocenters. The van der Waals surface area contributed by atoms with Crippen LogP contribution in [-0.2, 0) is 20.9 Å². The highest BCUT2D eigenvalue weighted by Crippen LogP contribution is 2.28. The molecule has 0 fully saturated rings. The van der Waals surface area contributed by atoms with E-state index in [2.05, 4.69) is 30.3 Å². The van der Waals surface area contributed by atoms with Crippen LogP contribution in [0, 0.1) is 10.1 Å². The second-order valence-electron chi connectivity index (χ2n) is 9.42. The molecule has 0 saturated heterocycles. The van der Waals surface area contributed by atoms with E-state index in [0.717, 1.165) is 19.2 Å². The summed E-state index contributed by atoms with van der Waals surface area (Å²) < 4.78 is 20.5. The summed E-state index contributed by atoms with van der Waals surface area (Å²) in [7, 11) is 1.11. The van der Waals surface area contributed by atoms with Crippen LogP contribution in [0.15, 0.2) is 66.7 Å². The third-order valence-corrected chi connectivity index (χ3v) is 6.00. The molecule has 3 heterocycles. The Morgan fingerprint density at radius 1 is 0.694 bits per heavy atom. The van der Waals surface area contributed by atoms with Crippen molar-refractivity contribution < 1.29 is 58.1 Å². The highest BCUT2D eigenvalue weighted by atomic mass is 16.6. The van der Waals surface area contributed by atoms with Gasteiger partial charge in [0.25, 0.3) is 17.7 Å². The monoisotopic (exact) mass is 676 g/mol. The molecule has 4 aromatic rings. The van der Waals surface area contributed by atoms with Crippen LogP contribution in [0.5, 0.6) is 17.6 Å². The van der Waals surface area contributed by atoms with Gasteiger partial charge in [0.2, 0.25) is 11.8 Å². The van der Waals surface area contributed by atoms with E-state index >= 15 is 0 Å². The highest BCUT2D eigenvalue weighted by molar-refractivity contribution is 6.06. The molecular weight excluding hydrogens is 652 g/mol. The lowest BCUT2D eigenvalue weighted by Crippen LogP contribution is -2.19. The Balaban J connectivity index is 1.63. The van der Waals surface area contributed by atoms with E-state index < -0.39 is 71.0 Å². The summed E-state index contributed by atoms with van der Waals surface area (Å²) in [5.74, 6) is -6.74. The van der Waals surface area contributed by atoms with Crippen LogP contribution in [0.25, 0.3) is 0 Å². The lowest BCUT2D eigenvalue weighted by atomic mass is 10.2. The predicted octanol–water partition coefficient (Wildman–Crippen LogP) is 2.58. The molecule has 0 aliphatic rings. The molecule has 0 aliphatic carbocycles. The number of carboxylic acids is 2. The van der Waals surface area contributed by atoms with E-state index in [-0.39, 0.29) is 35.2 Å². The lowest BCUT2D eigenvalue weighted by molar-refractivity contribution is -0.386. The van der Waals surface area contributed by atoms with Crippen molar-refractivity contribution in [3.8, 4) is 17.6 Å². The summed E-state index contributed by atoms with van der Waals surface area (Å²) >= 11 is 0.